The predicted octanol–water partition coefficient (Wildman–Crippen LogP) is 3.77. The van der Waals surface area contributed by atoms with Gasteiger partial charge in [0.15, 0.2) is 6.10 Å². The molecule has 0 heterocycles. The molecule has 0 fully saturated rings. The summed E-state index contributed by atoms with van der Waals surface area (Å²) in [5.74, 6) is 1.16. The quantitative estimate of drug-likeness (QED) is 0.877. The summed E-state index contributed by atoms with van der Waals surface area (Å²) >= 11 is 0. The summed E-state index contributed by atoms with van der Waals surface area (Å²) in [6.45, 7) is 6.79. The maximum absolute atomic E-state index is 12.2. The van der Waals surface area contributed by atoms with Crippen molar-refractivity contribution in [2.75, 3.05) is 6.54 Å². The average molecular weight is 285 g/mol. The second-order valence-electron chi connectivity index (χ2n) is 5.63. The van der Waals surface area contributed by atoms with Gasteiger partial charge in [-0.1, -0.05) is 57.2 Å². The third kappa shape index (κ3) is 3.97. The molecule has 2 rings (SSSR count). The highest BCUT2D eigenvalue weighted by atomic mass is 16.5. The topological polar surface area (TPSA) is 38.3 Å². The van der Waals surface area contributed by atoms with Gasteiger partial charge in [-0.05, 0) is 23.8 Å². The van der Waals surface area contributed by atoms with Crippen molar-refractivity contribution < 1.29 is 9.53 Å². The number of benzene rings is 2. The van der Waals surface area contributed by atoms with Crippen molar-refractivity contribution in [1.29, 1.82) is 0 Å². The van der Waals surface area contributed by atoms with Gasteiger partial charge in [-0.25, -0.2) is 0 Å². The van der Waals surface area contributed by atoms with Crippen molar-refractivity contribution in [2.45, 2.75) is 33.3 Å². The normalized spacial score (nSPS) is 12.4. The highest BCUT2D eigenvalue weighted by molar-refractivity contribution is 5.89. The summed E-state index contributed by atoms with van der Waals surface area (Å²) in [5.41, 5.74) is 0. The number of amides is 1. The van der Waals surface area contributed by atoms with Crippen molar-refractivity contribution in [3.05, 3.63) is 42.5 Å². The van der Waals surface area contributed by atoms with E-state index in [0.717, 1.165) is 16.5 Å². The molecule has 1 N–H and O–H groups in total. The van der Waals surface area contributed by atoms with Gasteiger partial charge in [0, 0.05) is 11.9 Å². The number of fused-ring (bicyclic) bond motifs is 1. The Morgan fingerprint density at radius 3 is 2.57 bits per heavy atom. The Morgan fingerprint density at radius 1 is 1.14 bits per heavy atom. The Bertz CT molecular complexity index is 602. The SMILES string of the molecule is CC[C@@H](Oc1cccc2ccccc12)C(=O)NCC(C)C. The molecule has 0 spiro atoms. The average Bonchev–Trinajstić information content (AvgIpc) is 2.50. The summed E-state index contributed by atoms with van der Waals surface area (Å²) in [6, 6.07) is 14.0. The molecule has 0 aliphatic carbocycles. The van der Waals surface area contributed by atoms with Crippen molar-refractivity contribution >= 4 is 16.7 Å². The number of nitrogens with one attached hydrogen (secondary N) is 1. The third-order valence-corrected chi connectivity index (χ3v) is 3.37. The van der Waals surface area contributed by atoms with Crippen molar-refractivity contribution in [3.63, 3.8) is 0 Å². The van der Waals surface area contributed by atoms with Crippen LogP contribution in [0, 0.1) is 5.92 Å². The molecule has 2 aromatic rings. The van der Waals surface area contributed by atoms with E-state index in [9.17, 15) is 4.79 Å². The molecule has 0 bridgehead atoms. The largest absolute Gasteiger partial charge is 0.480 e. The van der Waals surface area contributed by atoms with Crippen LogP contribution in [0.5, 0.6) is 5.75 Å². The Labute approximate surface area is 126 Å². The summed E-state index contributed by atoms with van der Waals surface area (Å²) < 4.78 is 5.96. The first kappa shape index (κ1) is 15.4. The molecule has 0 saturated heterocycles. The van der Waals surface area contributed by atoms with Gasteiger partial charge in [0.2, 0.25) is 0 Å². The van der Waals surface area contributed by atoms with Gasteiger partial charge in [-0.3, -0.25) is 4.79 Å². The van der Waals surface area contributed by atoms with Gasteiger partial charge in [0.1, 0.15) is 5.75 Å². The minimum absolute atomic E-state index is 0.0425. The molecule has 0 aliphatic heterocycles. The lowest BCUT2D eigenvalue weighted by molar-refractivity contribution is -0.128. The van der Waals surface area contributed by atoms with Crippen LogP contribution in [0.3, 0.4) is 0 Å². The zero-order valence-electron chi connectivity index (χ0n) is 12.9. The van der Waals surface area contributed by atoms with Crippen LogP contribution < -0.4 is 10.1 Å². The zero-order chi connectivity index (χ0) is 15.2. The maximum atomic E-state index is 12.2. The van der Waals surface area contributed by atoms with Crippen LogP contribution in [0.25, 0.3) is 10.8 Å². The van der Waals surface area contributed by atoms with E-state index < -0.39 is 6.10 Å². The van der Waals surface area contributed by atoms with Crippen LogP contribution in [0.4, 0.5) is 0 Å². The Kier molecular flexibility index (Phi) is 5.20. The second-order valence-corrected chi connectivity index (χ2v) is 5.63. The molecule has 2 aromatic carbocycles. The van der Waals surface area contributed by atoms with Gasteiger partial charge in [-0.2, -0.15) is 0 Å². The fourth-order valence-corrected chi connectivity index (χ4v) is 2.19. The fourth-order valence-electron chi connectivity index (χ4n) is 2.19. The van der Waals surface area contributed by atoms with Crippen molar-refractivity contribution in [3.8, 4) is 5.75 Å². The Balaban J connectivity index is 2.15. The third-order valence-electron chi connectivity index (χ3n) is 3.37. The first-order chi connectivity index (χ1) is 10.1. The number of carbonyl (C=O) groups is 1. The number of ether oxygens (including phenoxy) is 1. The molecule has 0 aliphatic rings. The van der Waals surface area contributed by atoms with Gasteiger partial charge in [-0.15, -0.1) is 0 Å². The maximum Gasteiger partial charge on any atom is 0.261 e. The van der Waals surface area contributed by atoms with Crippen LogP contribution in [0.2, 0.25) is 0 Å². The molecule has 1 amide bonds. The predicted molar refractivity (Wildman–Crippen MR) is 86.5 cm³/mol. The van der Waals surface area contributed by atoms with E-state index in [4.69, 9.17) is 4.74 Å². The fraction of sp³-hybridized carbons (Fsp3) is 0.389. The molecule has 0 aromatic heterocycles. The minimum atomic E-state index is -0.449. The van der Waals surface area contributed by atoms with E-state index in [1.54, 1.807) is 0 Å². The summed E-state index contributed by atoms with van der Waals surface area (Å²) in [5, 5.41) is 5.09. The highest BCUT2D eigenvalue weighted by Gasteiger charge is 2.19. The first-order valence-corrected chi connectivity index (χ1v) is 7.54. The van der Waals surface area contributed by atoms with Crippen LogP contribution in [-0.4, -0.2) is 18.6 Å². The van der Waals surface area contributed by atoms with Crippen LogP contribution >= 0.6 is 0 Å². The second kappa shape index (κ2) is 7.11. The van der Waals surface area contributed by atoms with Crippen molar-refractivity contribution in [2.24, 2.45) is 5.92 Å². The number of hydrogen-bond acceptors (Lipinski definition) is 2. The number of hydrogen-bond donors (Lipinski definition) is 1. The smallest absolute Gasteiger partial charge is 0.261 e. The van der Waals surface area contributed by atoms with E-state index in [1.807, 2.05) is 49.4 Å². The highest BCUT2D eigenvalue weighted by Crippen LogP contribution is 2.26. The van der Waals surface area contributed by atoms with E-state index in [1.165, 1.54) is 0 Å². The van der Waals surface area contributed by atoms with Crippen LogP contribution in [0.1, 0.15) is 27.2 Å². The van der Waals surface area contributed by atoms with E-state index in [2.05, 4.69) is 19.2 Å². The number of rotatable bonds is 6. The first-order valence-electron chi connectivity index (χ1n) is 7.54. The monoisotopic (exact) mass is 285 g/mol. The van der Waals surface area contributed by atoms with Crippen LogP contribution in [-0.2, 0) is 4.79 Å². The Morgan fingerprint density at radius 2 is 1.86 bits per heavy atom. The molecule has 112 valence electrons. The van der Waals surface area contributed by atoms with Gasteiger partial charge < -0.3 is 10.1 Å². The zero-order valence-corrected chi connectivity index (χ0v) is 12.9. The molecule has 0 unspecified atom stereocenters. The van der Waals surface area contributed by atoms with Gasteiger partial charge in [0.05, 0.1) is 0 Å². The molecule has 3 heteroatoms. The van der Waals surface area contributed by atoms with E-state index in [-0.39, 0.29) is 5.91 Å². The van der Waals surface area contributed by atoms with E-state index in [0.29, 0.717) is 18.9 Å². The standard InChI is InChI=1S/C18H23NO2/c1-4-16(18(20)19-12-13(2)3)21-17-11-7-9-14-8-5-6-10-15(14)17/h5-11,13,16H,4,12H2,1-3H3,(H,19,20)/t16-/m1/s1. The number of carbonyl (C=O) groups excluding carboxylic acids is 1. The molecular weight excluding hydrogens is 262 g/mol. The molecule has 21 heavy (non-hydrogen) atoms. The minimum Gasteiger partial charge on any atom is -0.480 e. The molecule has 1 atom stereocenters. The summed E-state index contributed by atoms with van der Waals surface area (Å²) in [4.78, 5) is 12.2. The van der Waals surface area contributed by atoms with E-state index >= 15 is 0 Å². The Hall–Kier alpha value is -2.03. The lowest BCUT2D eigenvalue weighted by atomic mass is 10.1. The molecule has 3 nitrogen and oxygen atoms in total. The molecule has 0 radical (unpaired) electrons. The van der Waals surface area contributed by atoms with Crippen LogP contribution in [0.15, 0.2) is 42.5 Å². The lowest BCUT2D eigenvalue weighted by Gasteiger charge is -2.19. The molecule has 0 saturated carbocycles. The molecular formula is C18H23NO2. The van der Waals surface area contributed by atoms with Crippen molar-refractivity contribution in [1.82, 2.24) is 5.32 Å². The summed E-state index contributed by atoms with van der Waals surface area (Å²) in [7, 11) is 0. The van der Waals surface area contributed by atoms with Gasteiger partial charge in [0.25, 0.3) is 5.91 Å². The van der Waals surface area contributed by atoms with Gasteiger partial charge >= 0.3 is 0 Å². The lowest BCUT2D eigenvalue weighted by Crippen LogP contribution is -2.39. The summed E-state index contributed by atoms with van der Waals surface area (Å²) in [6.07, 6.45) is 0.196.